The van der Waals surface area contributed by atoms with E-state index in [4.69, 9.17) is 14.1 Å². The molecule has 1 saturated carbocycles. The van der Waals surface area contributed by atoms with Crippen molar-refractivity contribution in [3.63, 3.8) is 0 Å². The zero-order valence-electron chi connectivity index (χ0n) is 31.1. The van der Waals surface area contributed by atoms with Gasteiger partial charge in [0.25, 0.3) is 0 Å². The van der Waals surface area contributed by atoms with E-state index in [-0.39, 0.29) is 28.7 Å². The topological polar surface area (TPSA) is 118 Å². The molecule has 1 aliphatic carbocycles. The van der Waals surface area contributed by atoms with Crippen LogP contribution in [0.4, 0.5) is 4.79 Å². The Hall–Kier alpha value is -3.25. The van der Waals surface area contributed by atoms with Crippen molar-refractivity contribution >= 4 is 43.3 Å². The predicted octanol–water partition coefficient (Wildman–Crippen LogP) is 7.74. The fourth-order valence-corrected chi connectivity index (χ4v) is 8.07. The second-order valence-corrected chi connectivity index (χ2v) is 21.7. The summed E-state index contributed by atoms with van der Waals surface area (Å²) in [4.78, 5) is 62.1. The summed E-state index contributed by atoms with van der Waals surface area (Å²) in [7, 11) is -0.552. The molecule has 12 heteroatoms. The van der Waals surface area contributed by atoms with Crippen molar-refractivity contribution in [2.45, 2.75) is 135 Å². The zero-order chi connectivity index (χ0) is 36.3. The summed E-state index contributed by atoms with van der Waals surface area (Å²) in [5.41, 5.74) is 0.161. The first kappa shape index (κ1) is 38.5. The summed E-state index contributed by atoms with van der Waals surface area (Å²) in [5, 5.41) is 5.56. The molecule has 0 radical (unpaired) electrons. The number of aromatic nitrogens is 1. The molecule has 1 saturated heterocycles. The van der Waals surface area contributed by atoms with Crippen LogP contribution in [-0.4, -0.2) is 78.1 Å². The number of hydrogen-bond donors (Lipinski definition) is 1. The molecule has 1 aromatic heterocycles. The summed E-state index contributed by atoms with van der Waals surface area (Å²) in [6, 6.07) is 5.48. The number of amides is 3. The van der Waals surface area contributed by atoms with Crippen LogP contribution in [0.1, 0.15) is 121 Å². The van der Waals surface area contributed by atoms with Crippen molar-refractivity contribution in [2.24, 2.45) is 5.92 Å². The van der Waals surface area contributed by atoms with E-state index in [1.807, 2.05) is 17.0 Å². The lowest BCUT2D eigenvalue weighted by Crippen LogP contribution is -2.56. The van der Waals surface area contributed by atoms with Crippen LogP contribution in [0.25, 0.3) is 0 Å². The molecular weight excluding hydrogens is 657 g/mol. The Morgan fingerprint density at radius 3 is 2.33 bits per heavy atom. The molecule has 1 N–H and O–H groups in total. The maximum Gasteiger partial charge on any atom is 0.410 e. The van der Waals surface area contributed by atoms with Crippen LogP contribution < -0.4 is 9.74 Å². The van der Waals surface area contributed by atoms with Gasteiger partial charge in [-0.05, 0) is 89.6 Å². The molecule has 2 heterocycles. The van der Waals surface area contributed by atoms with E-state index < -0.39 is 38.0 Å². The molecule has 49 heavy (non-hydrogen) atoms. The number of carbonyl (C=O) groups is 4. The highest BCUT2D eigenvalue weighted by Crippen LogP contribution is 2.39. The molecule has 1 aliphatic heterocycles. The monoisotopic (exact) mass is 712 g/mol. The highest BCUT2D eigenvalue weighted by atomic mass is 32.1. The Kier molecular flexibility index (Phi) is 12.1. The largest absolute Gasteiger partial charge is 0.543 e. The fourth-order valence-electron chi connectivity index (χ4n) is 6.10. The molecule has 2 aromatic rings. The molecular formula is C37H56N4O6SSi. The number of benzene rings is 1. The number of nitrogens with zero attached hydrogens (tertiary/aromatic N) is 3. The van der Waals surface area contributed by atoms with Crippen molar-refractivity contribution in [1.82, 2.24) is 20.1 Å². The third-order valence-electron chi connectivity index (χ3n) is 10.2. The van der Waals surface area contributed by atoms with Gasteiger partial charge in [-0.15, -0.1) is 11.3 Å². The van der Waals surface area contributed by atoms with E-state index in [2.05, 4.69) is 39.2 Å². The van der Waals surface area contributed by atoms with Gasteiger partial charge in [0.1, 0.15) is 34.1 Å². The van der Waals surface area contributed by atoms with Gasteiger partial charge in [-0.2, -0.15) is 0 Å². The third kappa shape index (κ3) is 9.51. The number of carbonyl (C=O) groups excluding carboxylic acids is 4. The van der Waals surface area contributed by atoms with Gasteiger partial charge in [0, 0.05) is 24.5 Å². The molecule has 0 bridgehead atoms. The van der Waals surface area contributed by atoms with E-state index in [9.17, 15) is 19.2 Å². The summed E-state index contributed by atoms with van der Waals surface area (Å²) >= 11 is 1.39. The second kappa shape index (κ2) is 15.3. The van der Waals surface area contributed by atoms with Gasteiger partial charge in [-0.3, -0.25) is 19.3 Å². The molecule has 1 aromatic carbocycles. The number of hydrogen-bond acceptors (Lipinski definition) is 8. The smallest absolute Gasteiger partial charge is 0.410 e. The number of ether oxygens (including phenoxy) is 1. The van der Waals surface area contributed by atoms with Crippen LogP contribution in [0.2, 0.25) is 18.1 Å². The lowest BCUT2D eigenvalue weighted by atomic mass is 9.83. The molecule has 0 spiro atoms. The van der Waals surface area contributed by atoms with Crippen molar-refractivity contribution < 1.29 is 28.3 Å². The molecule has 3 atom stereocenters. The Bertz CT molecular complexity index is 1510. The Balaban J connectivity index is 1.51. The molecule has 2 unspecified atom stereocenters. The van der Waals surface area contributed by atoms with Crippen molar-refractivity contribution in [2.75, 3.05) is 13.6 Å². The molecule has 10 nitrogen and oxygen atoms in total. The first-order chi connectivity index (χ1) is 22.8. The van der Waals surface area contributed by atoms with Crippen LogP contribution in [0.5, 0.6) is 5.75 Å². The number of rotatable bonds is 10. The minimum Gasteiger partial charge on any atom is -0.543 e. The first-order valence-corrected chi connectivity index (χ1v) is 21.4. The van der Waals surface area contributed by atoms with E-state index in [0.717, 1.165) is 50.0 Å². The van der Waals surface area contributed by atoms with Crippen molar-refractivity contribution in [3.05, 3.63) is 45.9 Å². The normalized spacial score (nSPS) is 18.8. The Morgan fingerprint density at radius 2 is 1.69 bits per heavy atom. The standard InChI is InChI=1S/C37H56N4O6SSi/c1-24(40(8)35(45)46-36(2,3)4)32(43)39-30(25-16-12-11-13-17-25)34(44)41-21-15-20-29(41)33-38-28(23-48-33)31(42)26-18-14-19-27(22-26)47-49(9,10)37(5,6)7/h14,18-19,22-25,29-30H,11-13,15-17,20-21H2,1-10H3,(H,39,43)/t24?,29-,30?/m0/s1. The van der Waals surface area contributed by atoms with E-state index in [1.165, 1.54) is 23.3 Å². The molecule has 270 valence electrons. The maximum absolute atomic E-state index is 14.4. The molecule has 4 rings (SSSR count). The summed E-state index contributed by atoms with van der Waals surface area (Å²) < 4.78 is 11.9. The third-order valence-corrected chi connectivity index (χ3v) is 15.5. The van der Waals surface area contributed by atoms with Gasteiger partial charge in [0.15, 0.2) is 0 Å². The average molecular weight is 713 g/mol. The second-order valence-electron chi connectivity index (χ2n) is 16.1. The molecule has 2 fully saturated rings. The van der Waals surface area contributed by atoms with Crippen LogP contribution in [-0.2, 0) is 14.3 Å². The number of thiazole rings is 1. The molecule has 3 amide bonds. The zero-order valence-corrected chi connectivity index (χ0v) is 32.9. The summed E-state index contributed by atoms with van der Waals surface area (Å²) in [6.45, 7) is 18.4. The number of nitrogens with one attached hydrogen (secondary N) is 1. The number of likely N-dealkylation sites (tertiary alicyclic amines) is 1. The van der Waals surface area contributed by atoms with Gasteiger partial charge >= 0.3 is 6.09 Å². The van der Waals surface area contributed by atoms with Crippen molar-refractivity contribution in [3.8, 4) is 5.75 Å². The number of likely N-dealkylation sites (N-methyl/N-ethyl adjacent to an activating group) is 1. The minimum atomic E-state index is -2.09. The van der Waals surface area contributed by atoms with E-state index in [1.54, 1.807) is 45.2 Å². The van der Waals surface area contributed by atoms with E-state index >= 15 is 0 Å². The minimum absolute atomic E-state index is 0.000246. The average Bonchev–Trinajstić information content (AvgIpc) is 3.71. The lowest BCUT2D eigenvalue weighted by Gasteiger charge is -2.36. The van der Waals surface area contributed by atoms with Crippen LogP contribution in [0, 0.1) is 5.92 Å². The van der Waals surface area contributed by atoms with Crippen LogP contribution in [0.15, 0.2) is 29.6 Å². The summed E-state index contributed by atoms with van der Waals surface area (Å²) in [5.74, 6) is -0.0274. The van der Waals surface area contributed by atoms with Crippen LogP contribution in [0.3, 0.4) is 0 Å². The van der Waals surface area contributed by atoms with Gasteiger partial charge in [0.2, 0.25) is 25.9 Å². The van der Waals surface area contributed by atoms with Gasteiger partial charge in [0.05, 0.1) is 6.04 Å². The highest BCUT2D eigenvalue weighted by Gasteiger charge is 2.41. The quantitative estimate of drug-likeness (QED) is 0.198. The predicted molar refractivity (Wildman–Crippen MR) is 195 cm³/mol. The van der Waals surface area contributed by atoms with Gasteiger partial charge in [-0.1, -0.05) is 52.2 Å². The van der Waals surface area contributed by atoms with Gasteiger partial charge in [-0.25, -0.2) is 9.78 Å². The first-order valence-electron chi connectivity index (χ1n) is 17.6. The van der Waals surface area contributed by atoms with Crippen LogP contribution >= 0.6 is 11.3 Å². The number of ketones is 1. The Morgan fingerprint density at radius 1 is 1.02 bits per heavy atom. The summed E-state index contributed by atoms with van der Waals surface area (Å²) in [6.07, 6.45) is 5.73. The van der Waals surface area contributed by atoms with Gasteiger partial charge < -0.3 is 19.4 Å². The SMILES string of the molecule is CC(C(=O)NC(C(=O)N1CCC[C@H]1c1nc(C(=O)c2cccc(O[Si](C)(C)C(C)(C)C)c2)cs1)C1CCCCC1)N(C)C(=O)OC(C)(C)C. The fraction of sp³-hybridized carbons (Fsp3) is 0.649. The lowest BCUT2D eigenvalue weighted by molar-refractivity contribution is -0.140. The maximum atomic E-state index is 14.4. The Labute approximate surface area is 297 Å². The molecule has 2 aliphatic rings. The highest BCUT2D eigenvalue weighted by molar-refractivity contribution is 7.10. The van der Waals surface area contributed by atoms with Crippen molar-refractivity contribution in [1.29, 1.82) is 0 Å². The van der Waals surface area contributed by atoms with E-state index in [0.29, 0.717) is 23.6 Å².